The van der Waals surface area contributed by atoms with Gasteiger partial charge >= 0.3 is 6.03 Å². The number of ether oxygens (including phenoxy) is 2. The highest BCUT2D eigenvalue weighted by molar-refractivity contribution is 5.89. The molecule has 0 saturated heterocycles. The van der Waals surface area contributed by atoms with Gasteiger partial charge in [0.05, 0.1) is 20.3 Å². The second kappa shape index (κ2) is 10.8. The number of methoxy groups -OCH3 is 2. The van der Waals surface area contributed by atoms with E-state index in [1.165, 1.54) is 12.1 Å². The van der Waals surface area contributed by atoms with Crippen molar-refractivity contribution in [1.29, 1.82) is 0 Å². The number of carbonyl (C=O) groups is 1. The van der Waals surface area contributed by atoms with Crippen molar-refractivity contribution < 1.29 is 18.7 Å². The molecular formula is C28H32FN3O3. The predicted octanol–water partition coefficient (Wildman–Crippen LogP) is 5.46. The minimum Gasteiger partial charge on any atom is -0.493 e. The third kappa shape index (κ3) is 5.74. The molecule has 4 rings (SSSR count). The number of nitrogens with zero attached hydrogens (tertiary/aromatic N) is 1. The highest BCUT2D eigenvalue weighted by atomic mass is 19.1. The zero-order valence-corrected chi connectivity index (χ0v) is 20.6. The summed E-state index contributed by atoms with van der Waals surface area (Å²) in [6.45, 7) is 5.43. The van der Waals surface area contributed by atoms with E-state index in [1.807, 2.05) is 50.2 Å². The summed E-state index contributed by atoms with van der Waals surface area (Å²) in [7, 11) is 3.25. The molecule has 1 heterocycles. The zero-order chi connectivity index (χ0) is 24.9. The molecule has 3 aromatic rings. The molecule has 1 aliphatic heterocycles. The van der Waals surface area contributed by atoms with Gasteiger partial charge in [-0.1, -0.05) is 29.8 Å². The number of anilines is 1. The van der Waals surface area contributed by atoms with Gasteiger partial charge in [-0.15, -0.1) is 0 Å². The smallest absolute Gasteiger partial charge is 0.319 e. The van der Waals surface area contributed by atoms with Gasteiger partial charge in [0.25, 0.3) is 0 Å². The lowest BCUT2D eigenvalue weighted by Crippen LogP contribution is -2.48. The summed E-state index contributed by atoms with van der Waals surface area (Å²) < 4.78 is 24.6. The number of aryl methyl sites for hydroxylation is 1. The number of halogens is 1. The maximum absolute atomic E-state index is 13.5. The number of benzene rings is 3. The first-order chi connectivity index (χ1) is 16.9. The van der Waals surface area contributed by atoms with Crippen molar-refractivity contribution >= 4 is 11.7 Å². The average molecular weight is 478 g/mol. The molecular weight excluding hydrogens is 445 g/mol. The van der Waals surface area contributed by atoms with E-state index in [1.54, 1.807) is 26.4 Å². The molecule has 2 atom stereocenters. The Labute approximate surface area is 206 Å². The minimum atomic E-state index is -0.268. The Balaban J connectivity index is 1.61. The maximum Gasteiger partial charge on any atom is 0.319 e. The van der Waals surface area contributed by atoms with Crippen molar-refractivity contribution in [3.05, 3.63) is 88.7 Å². The van der Waals surface area contributed by atoms with Gasteiger partial charge in [0.1, 0.15) is 5.82 Å². The molecule has 7 heteroatoms. The number of hydrogen-bond donors (Lipinski definition) is 2. The lowest BCUT2D eigenvalue weighted by Gasteiger charge is -2.41. The van der Waals surface area contributed by atoms with E-state index in [2.05, 4.69) is 15.5 Å². The fourth-order valence-electron chi connectivity index (χ4n) is 4.71. The summed E-state index contributed by atoms with van der Waals surface area (Å²) in [5, 5.41) is 6.04. The van der Waals surface area contributed by atoms with Gasteiger partial charge in [0.15, 0.2) is 11.5 Å². The van der Waals surface area contributed by atoms with Crippen LogP contribution in [-0.4, -0.2) is 37.7 Å². The monoisotopic (exact) mass is 477 g/mol. The fraction of sp³-hybridized carbons (Fsp3) is 0.321. The zero-order valence-electron chi connectivity index (χ0n) is 20.6. The summed E-state index contributed by atoms with van der Waals surface area (Å²) in [5.41, 5.74) is 5.12. The molecule has 0 bridgehead atoms. The molecule has 6 nitrogen and oxygen atoms in total. The summed E-state index contributed by atoms with van der Waals surface area (Å²) >= 11 is 0. The SMILES string of the molecule is COc1cc2c(cc1OC)[C@@H]([C@H](C)NC(=O)Nc1ccc(C)cc1)N(Cc1ccc(F)cc1)CC2. The fourth-order valence-corrected chi connectivity index (χ4v) is 4.71. The molecule has 0 saturated carbocycles. The predicted molar refractivity (Wildman–Crippen MR) is 136 cm³/mol. The first-order valence-corrected chi connectivity index (χ1v) is 11.8. The van der Waals surface area contributed by atoms with E-state index in [9.17, 15) is 9.18 Å². The number of hydrogen-bond acceptors (Lipinski definition) is 4. The largest absolute Gasteiger partial charge is 0.493 e. The van der Waals surface area contributed by atoms with E-state index in [4.69, 9.17) is 9.47 Å². The van der Waals surface area contributed by atoms with Crippen LogP contribution in [0.25, 0.3) is 0 Å². The highest BCUT2D eigenvalue weighted by Crippen LogP contribution is 2.40. The minimum absolute atomic E-state index is 0.118. The number of rotatable bonds is 7. The topological polar surface area (TPSA) is 62.8 Å². The van der Waals surface area contributed by atoms with E-state index >= 15 is 0 Å². The number of urea groups is 1. The van der Waals surface area contributed by atoms with Crippen molar-refractivity contribution in [2.24, 2.45) is 0 Å². The molecule has 0 unspecified atom stereocenters. The molecule has 1 aliphatic rings. The average Bonchev–Trinajstić information content (AvgIpc) is 2.85. The second-order valence-corrected chi connectivity index (χ2v) is 8.95. The van der Waals surface area contributed by atoms with Crippen LogP contribution in [0.15, 0.2) is 60.7 Å². The highest BCUT2D eigenvalue weighted by Gasteiger charge is 2.33. The standard InChI is InChI=1S/C28H32FN3O3/c1-18-5-11-23(12-6-18)31-28(33)30-19(2)27-24-16-26(35-4)25(34-3)15-21(24)13-14-32(27)17-20-7-9-22(29)10-8-20/h5-12,15-16,19,27H,13-14,17H2,1-4H3,(H2,30,31,33)/t19-,27+/m0/s1. The van der Waals surface area contributed by atoms with Crippen molar-refractivity contribution in [3.8, 4) is 11.5 Å². The van der Waals surface area contributed by atoms with Crippen molar-refractivity contribution in [3.63, 3.8) is 0 Å². The molecule has 2 N–H and O–H groups in total. The van der Waals surface area contributed by atoms with Gasteiger partial charge in [-0.3, -0.25) is 4.90 Å². The molecule has 0 spiro atoms. The Hall–Kier alpha value is -3.58. The first-order valence-electron chi connectivity index (χ1n) is 11.8. The van der Waals surface area contributed by atoms with Gasteiger partial charge in [0, 0.05) is 24.8 Å². The Bertz CT molecular complexity index is 1170. The van der Waals surface area contributed by atoms with Gasteiger partial charge in [-0.05, 0) is 73.4 Å². The summed E-state index contributed by atoms with van der Waals surface area (Å²) in [6, 6.07) is 17.7. The first kappa shape index (κ1) is 24.5. The molecule has 0 aromatic heterocycles. The van der Waals surface area contributed by atoms with Gasteiger partial charge in [-0.25, -0.2) is 9.18 Å². The van der Waals surface area contributed by atoms with Crippen LogP contribution in [0.3, 0.4) is 0 Å². The summed E-state index contributed by atoms with van der Waals surface area (Å²) in [4.78, 5) is 15.2. The maximum atomic E-state index is 13.5. The number of carbonyl (C=O) groups excluding carboxylic acids is 1. The third-order valence-corrected chi connectivity index (χ3v) is 6.47. The Morgan fingerprint density at radius 1 is 1.06 bits per heavy atom. The Morgan fingerprint density at radius 2 is 1.71 bits per heavy atom. The van der Waals surface area contributed by atoms with Crippen LogP contribution in [0.1, 0.15) is 35.2 Å². The molecule has 35 heavy (non-hydrogen) atoms. The lowest BCUT2D eigenvalue weighted by atomic mass is 9.87. The van der Waals surface area contributed by atoms with Crippen LogP contribution in [-0.2, 0) is 13.0 Å². The van der Waals surface area contributed by atoms with E-state index in [0.29, 0.717) is 18.0 Å². The normalized spacial score (nSPS) is 16.2. The molecule has 0 radical (unpaired) electrons. The van der Waals surface area contributed by atoms with Crippen molar-refractivity contribution in [1.82, 2.24) is 10.2 Å². The van der Waals surface area contributed by atoms with Crippen LogP contribution in [0.4, 0.5) is 14.9 Å². The Kier molecular flexibility index (Phi) is 7.56. The van der Waals surface area contributed by atoms with E-state index < -0.39 is 0 Å². The summed E-state index contributed by atoms with van der Waals surface area (Å²) in [5.74, 6) is 1.08. The number of nitrogens with one attached hydrogen (secondary N) is 2. The quantitative estimate of drug-likeness (QED) is 0.474. The van der Waals surface area contributed by atoms with Gasteiger partial charge in [-0.2, -0.15) is 0 Å². The van der Waals surface area contributed by atoms with E-state index in [0.717, 1.165) is 40.9 Å². The van der Waals surface area contributed by atoms with Gasteiger partial charge in [0.2, 0.25) is 0 Å². The van der Waals surface area contributed by atoms with E-state index in [-0.39, 0.29) is 23.9 Å². The molecule has 0 aliphatic carbocycles. The lowest BCUT2D eigenvalue weighted by molar-refractivity contribution is 0.144. The summed E-state index contributed by atoms with van der Waals surface area (Å²) in [6.07, 6.45) is 0.829. The number of amides is 2. The molecule has 0 fully saturated rings. The van der Waals surface area contributed by atoms with Crippen LogP contribution >= 0.6 is 0 Å². The third-order valence-electron chi connectivity index (χ3n) is 6.47. The molecule has 3 aromatic carbocycles. The molecule has 184 valence electrons. The van der Waals surface area contributed by atoms with Crippen molar-refractivity contribution in [2.45, 2.75) is 38.9 Å². The van der Waals surface area contributed by atoms with Crippen molar-refractivity contribution in [2.75, 3.05) is 26.1 Å². The Morgan fingerprint density at radius 3 is 2.37 bits per heavy atom. The van der Waals surface area contributed by atoms with Crippen LogP contribution < -0.4 is 20.1 Å². The van der Waals surface area contributed by atoms with Crippen LogP contribution in [0.5, 0.6) is 11.5 Å². The van der Waals surface area contributed by atoms with Gasteiger partial charge < -0.3 is 20.1 Å². The van der Waals surface area contributed by atoms with Crippen LogP contribution in [0.2, 0.25) is 0 Å². The second-order valence-electron chi connectivity index (χ2n) is 8.95. The number of fused-ring (bicyclic) bond motifs is 1. The molecule has 2 amide bonds. The van der Waals surface area contributed by atoms with Crippen LogP contribution in [0, 0.1) is 12.7 Å².